The molecule has 0 aromatic heterocycles. The summed E-state index contributed by atoms with van der Waals surface area (Å²) in [6.45, 7) is 2.59. The number of methoxy groups -OCH3 is 1. The van der Waals surface area contributed by atoms with Crippen LogP contribution in [0.1, 0.15) is 30.1 Å². The smallest absolute Gasteiger partial charge is 0.308 e. The van der Waals surface area contributed by atoms with Crippen molar-refractivity contribution >= 4 is 27.6 Å². The molecule has 0 radical (unpaired) electrons. The number of hydrogen-bond acceptors (Lipinski definition) is 5. The molecule has 0 saturated carbocycles. The molecule has 8 heteroatoms. The first-order chi connectivity index (χ1) is 11.8. The zero-order valence-corrected chi connectivity index (χ0v) is 15.6. The second-order valence-corrected chi connectivity index (χ2v) is 8.29. The van der Waals surface area contributed by atoms with Gasteiger partial charge in [0.2, 0.25) is 10.0 Å². The van der Waals surface area contributed by atoms with Gasteiger partial charge in [-0.15, -0.1) is 0 Å². The highest BCUT2D eigenvalue weighted by Crippen LogP contribution is 2.22. The van der Waals surface area contributed by atoms with E-state index in [1.54, 1.807) is 36.1 Å². The van der Waals surface area contributed by atoms with E-state index in [9.17, 15) is 18.0 Å². The van der Waals surface area contributed by atoms with Crippen LogP contribution in [-0.2, 0) is 19.6 Å². The summed E-state index contributed by atoms with van der Waals surface area (Å²) in [6.07, 6.45) is 1.18. The Bertz CT molecular complexity index is 722. The maximum Gasteiger partial charge on any atom is 0.308 e. The SMILES string of the molecule is CCS(=O)(=O)N(C)c1ccc(C(=O)N2CCC(C(=O)OC)CC2)cc1. The maximum absolute atomic E-state index is 12.6. The number of rotatable bonds is 5. The predicted molar refractivity (Wildman–Crippen MR) is 94.9 cm³/mol. The summed E-state index contributed by atoms with van der Waals surface area (Å²) >= 11 is 0. The number of benzene rings is 1. The second kappa shape index (κ2) is 7.86. The average molecular weight is 368 g/mol. The van der Waals surface area contributed by atoms with Gasteiger partial charge in [0.25, 0.3) is 5.91 Å². The highest BCUT2D eigenvalue weighted by atomic mass is 32.2. The molecule has 0 bridgehead atoms. The van der Waals surface area contributed by atoms with Crippen molar-refractivity contribution in [3.05, 3.63) is 29.8 Å². The van der Waals surface area contributed by atoms with E-state index in [0.29, 0.717) is 37.2 Å². The predicted octanol–water partition coefficient (Wildman–Crippen LogP) is 1.50. The van der Waals surface area contributed by atoms with Crippen LogP contribution in [0.4, 0.5) is 5.69 Å². The molecular formula is C17H24N2O5S. The monoisotopic (exact) mass is 368 g/mol. The van der Waals surface area contributed by atoms with Crippen LogP contribution in [0.2, 0.25) is 0 Å². The lowest BCUT2D eigenvalue weighted by molar-refractivity contribution is -0.146. The Labute approximate surface area is 148 Å². The standard InChI is InChI=1S/C17H24N2O5S/c1-4-25(22,23)18(2)15-7-5-13(6-8-15)16(20)19-11-9-14(10-12-19)17(21)24-3/h5-8,14H,4,9-12H2,1-3H3. The third kappa shape index (κ3) is 4.31. The molecule has 1 aromatic carbocycles. The molecule has 1 amide bonds. The van der Waals surface area contributed by atoms with Crippen LogP contribution in [0, 0.1) is 5.92 Å². The van der Waals surface area contributed by atoms with Crippen LogP contribution in [0.15, 0.2) is 24.3 Å². The number of esters is 1. The van der Waals surface area contributed by atoms with Gasteiger partial charge in [0, 0.05) is 25.7 Å². The molecule has 1 aliphatic heterocycles. The Morgan fingerprint density at radius 2 is 1.76 bits per heavy atom. The van der Waals surface area contributed by atoms with Gasteiger partial charge in [0.1, 0.15) is 0 Å². The zero-order valence-electron chi connectivity index (χ0n) is 14.8. The molecule has 0 aliphatic carbocycles. The molecule has 2 rings (SSSR count). The molecule has 0 unspecified atom stereocenters. The van der Waals surface area contributed by atoms with E-state index in [2.05, 4.69) is 0 Å². The maximum atomic E-state index is 12.6. The Balaban J connectivity index is 2.03. The third-order valence-electron chi connectivity index (χ3n) is 4.58. The molecule has 7 nitrogen and oxygen atoms in total. The topological polar surface area (TPSA) is 84.0 Å². The molecule has 25 heavy (non-hydrogen) atoms. The molecule has 1 fully saturated rings. The molecule has 0 N–H and O–H groups in total. The van der Waals surface area contributed by atoms with E-state index in [1.807, 2.05) is 0 Å². The number of carbonyl (C=O) groups is 2. The van der Waals surface area contributed by atoms with E-state index >= 15 is 0 Å². The van der Waals surface area contributed by atoms with Gasteiger partial charge in [-0.05, 0) is 44.0 Å². The first-order valence-corrected chi connectivity index (χ1v) is 9.84. The number of piperidine rings is 1. The van der Waals surface area contributed by atoms with Gasteiger partial charge in [0.15, 0.2) is 0 Å². The lowest BCUT2D eigenvalue weighted by atomic mass is 9.96. The van der Waals surface area contributed by atoms with Crippen molar-refractivity contribution < 1.29 is 22.7 Å². The quantitative estimate of drug-likeness (QED) is 0.736. The Hall–Kier alpha value is -2.09. The summed E-state index contributed by atoms with van der Waals surface area (Å²) in [7, 11) is -0.462. The summed E-state index contributed by atoms with van der Waals surface area (Å²) in [5, 5.41) is 0. The fourth-order valence-corrected chi connectivity index (χ4v) is 3.67. The van der Waals surface area contributed by atoms with Gasteiger partial charge in [-0.3, -0.25) is 13.9 Å². The molecule has 1 aromatic rings. The van der Waals surface area contributed by atoms with E-state index in [0.717, 1.165) is 0 Å². The normalized spacial score (nSPS) is 15.7. The Kier molecular flexibility index (Phi) is 6.05. The summed E-state index contributed by atoms with van der Waals surface area (Å²) in [4.78, 5) is 25.8. The molecule has 0 atom stereocenters. The van der Waals surface area contributed by atoms with Gasteiger partial charge in [-0.25, -0.2) is 8.42 Å². The van der Waals surface area contributed by atoms with Crippen LogP contribution in [-0.4, -0.2) is 58.2 Å². The number of nitrogens with zero attached hydrogens (tertiary/aromatic N) is 2. The van der Waals surface area contributed by atoms with Crippen molar-refractivity contribution in [1.82, 2.24) is 4.90 Å². The van der Waals surface area contributed by atoms with Crippen LogP contribution < -0.4 is 4.31 Å². The minimum Gasteiger partial charge on any atom is -0.469 e. The zero-order chi connectivity index (χ0) is 18.6. The minimum absolute atomic E-state index is 0.0132. The van der Waals surface area contributed by atoms with Gasteiger partial charge in [0.05, 0.1) is 24.5 Å². The molecule has 1 heterocycles. The highest BCUT2D eigenvalue weighted by molar-refractivity contribution is 7.92. The number of likely N-dealkylation sites (tertiary alicyclic amines) is 1. The van der Waals surface area contributed by atoms with Gasteiger partial charge in [-0.1, -0.05) is 0 Å². The van der Waals surface area contributed by atoms with Gasteiger partial charge < -0.3 is 9.64 Å². The first-order valence-electron chi connectivity index (χ1n) is 8.24. The number of ether oxygens (including phenoxy) is 1. The van der Waals surface area contributed by atoms with Gasteiger partial charge in [-0.2, -0.15) is 0 Å². The lowest BCUT2D eigenvalue weighted by Gasteiger charge is -2.30. The number of amides is 1. The number of sulfonamides is 1. The van der Waals surface area contributed by atoms with Crippen molar-refractivity contribution in [3.8, 4) is 0 Å². The molecule has 1 aliphatic rings. The largest absolute Gasteiger partial charge is 0.469 e. The summed E-state index contributed by atoms with van der Waals surface area (Å²) in [5.41, 5.74) is 1.02. The number of hydrogen-bond donors (Lipinski definition) is 0. The van der Waals surface area contributed by atoms with Crippen molar-refractivity contribution in [2.75, 3.05) is 37.3 Å². The number of anilines is 1. The van der Waals surface area contributed by atoms with Crippen LogP contribution >= 0.6 is 0 Å². The first kappa shape index (κ1) is 19.2. The highest BCUT2D eigenvalue weighted by Gasteiger charge is 2.28. The van der Waals surface area contributed by atoms with Crippen molar-refractivity contribution in [2.24, 2.45) is 5.92 Å². The summed E-state index contributed by atoms with van der Waals surface area (Å²) < 4.78 is 29.7. The Morgan fingerprint density at radius 1 is 1.20 bits per heavy atom. The van der Waals surface area contributed by atoms with E-state index < -0.39 is 10.0 Å². The van der Waals surface area contributed by atoms with Gasteiger partial charge >= 0.3 is 5.97 Å². The average Bonchev–Trinajstić information content (AvgIpc) is 2.66. The van der Waals surface area contributed by atoms with E-state index in [-0.39, 0.29) is 23.5 Å². The van der Waals surface area contributed by atoms with Crippen molar-refractivity contribution in [2.45, 2.75) is 19.8 Å². The summed E-state index contributed by atoms with van der Waals surface area (Å²) in [6, 6.07) is 6.51. The Morgan fingerprint density at radius 3 is 2.24 bits per heavy atom. The molecule has 0 spiro atoms. The van der Waals surface area contributed by atoms with E-state index in [4.69, 9.17) is 4.74 Å². The number of carbonyl (C=O) groups excluding carboxylic acids is 2. The fourth-order valence-electron chi connectivity index (χ4n) is 2.84. The van der Waals surface area contributed by atoms with Crippen molar-refractivity contribution in [3.63, 3.8) is 0 Å². The van der Waals surface area contributed by atoms with Crippen LogP contribution in [0.3, 0.4) is 0 Å². The molecular weight excluding hydrogens is 344 g/mol. The van der Waals surface area contributed by atoms with Crippen LogP contribution in [0.5, 0.6) is 0 Å². The summed E-state index contributed by atoms with van der Waals surface area (Å²) in [5.74, 6) is -0.476. The molecule has 1 saturated heterocycles. The lowest BCUT2D eigenvalue weighted by Crippen LogP contribution is -2.40. The van der Waals surface area contributed by atoms with Crippen LogP contribution in [0.25, 0.3) is 0 Å². The molecule has 138 valence electrons. The second-order valence-electron chi connectivity index (χ2n) is 6.00. The van der Waals surface area contributed by atoms with Crippen molar-refractivity contribution in [1.29, 1.82) is 0 Å². The third-order valence-corrected chi connectivity index (χ3v) is 6.35. The fraction of sp³-hybridized carbons (Fsp3) is 0.529. The minimum atomic E-state index is -3.33. The van der Waals surface area contributed by atoms with E-state index in [1.165, 1.54) is 18.5 Å².